The molecule has 0 N–H and O–H groups in total. The minimum absolute atomic E-state index is 0.0653. The maximum absolute atomic E-state index is 11.3. The van der Waals surface area contributed by atoms with E-state index < -0.39 is 5.54 Å². The number of ether oxygens (including phenoxy) is 1. The van der Waals surface area contributed by atoms with Gasteiger partial charge in [-0.3, -0.25) is 10.1 Å². The summed E-state index contributed by atoms with van der Waals surface area (Å²) < 4.78 is 8.27. The second kappa shape index (κ2) is 14.1. The summed E-state index contributed by atoms with van der Waals surface area (Å²) in [5.74, 6) is 1.50. The van der Waals surface area contributed by atoms with Gasteiger partial charge < -0.3 is 14.2 Å². The van der Waals surface area contributed by atoms with Crippen LogP contribution in [0.2, 0.25) is 0 Å². The highest BCUT2D eigenvalue weighted by Gasteiger charge is 2.38. The van der Waals surface area contributed by atoms with Gasteiger partial charge in [0.15, 0.2) is 0 Å². The third-order valence-electron chi connectivity index (χ3n) is 8.65. The number of hydrogen-bond donors (Lipinski definition) is 0. The van der Waals surface area contributed by atoms with Crippen LogP contribution in [0, 0.1) is 10.1 Å². The summed E-state index contributed by atoms with van der Waals surface area (Å²) in [7, 11) is 0. The van der Waals surface area contributed by atoms with Gasteiger partial charge >= 0.3 is 0 Å². The second-order valence-electron chi connectivity index (χ2n) is 11.8. The van der Waals surface area contributed by atoms with Crippen LogP contribution in [0.4, 0.5) is 11.4 Å². The molecule has 7 rings (SSSR count). The first kappa shape index (κ1) is 31.1. The topological polar surface area (TPSA) is 73.4 Å². The average molecular weight is 643 g/mol. The maximum atomic E-state index is 11.3. The summed E-state index contributed by atoms with van der Waals surface area (Å²) in [5.41, 5.74) is 5.54. The number of benzene rings is 6. The zero-order valence-electron chi connectivity index (χ0n) is 26.7. The fourth-order valence-electron chi connectivity index (χ4n) is 6.34. The highest BCUT2D eigenvalue weighted by atomic mass is 16.6. The van der Waals surface area contributed by atoms with Crippen molar-refractivity contribution in [2.45, 2.75) is 18.6 Å². The molecule has 49 heavy (non-hydrogen) atoms. The van der Waals surface area contributed by atoms with Crippen molar-refractivity contribution in [3.05, 3.63) is 220 Å². The number of imidazole rings is 1. The molecule has 7 aromatic rings. The second-order valence-corrected chi connectivity index (χ2v) is 11.8. The molecule has 6 aromatic carbocycles. The molecule has 0 atom stereocenters. The van der Waals surface area contributed by atoms with E-state index in [0.29, 0.717) is 13.1 Å². The van der Waals surface area contributed by atoms with Crippen LogP contribution in [0.1, 0.15) is 27.9 Å². The van der Waals surface area contributed by atoms with E-state index in [9.17, 15) is 10.1 Å². The minimum Gasteiger partial charge on any atom is -0.457 e. The molecular weight excluding hydrogens is 608 g/mol. The molecule has 7 nitrogen and oxygen atoms in total. The first-order chi connectivity index (χ1) is 24.1. The van der Waals surface area contributed by atoms with Gasteiger partial charge in [-0.05, 0) is 58.7 Å². The number of nitro groups is 1. The molecule has 1 heterocycles. The molecule has 0 aliphatic carbocycles. The van der Waals surface area contributed by atoms with Crippen molar-refractivity contribution in [2.75, 3.05) is 4.90 Å². The van der Waals surface area contributed by atoms with E-state index in [0.717, 1.165) is 45.1 Å². The Balaban J connectivity index is 1.27. The van der Waals surface area contributed by atoms with E-state index in [-0.39, 0.29) is 10.6 Å². The number of rotatable bonds is 12. The van der Waals surface area contributed by atoms with E-state index in [1.54, 1.807) is 12.1 Å². The number of aromatic nitrogens is 2. The van der Waals surface area contributed by atoms with E-state index in [1.807, 2.05) is 91.3 Å². The van der Waals surface area contributed by atoms with Gasteiger partial charge in [0, 0.05) is 30.6 Å². The van der Waals surface area contributed by atoms with Crippen molar-refractivity contribution >= 4 is 11.4 Å². The third-order valence-corrected chi connectivity index (χ3v) is 8.65. The molecule has 0 aliphatic heterocycles. The van der Waals surface area contributed by atoms with Crippen LogP contribution in [0.3, 0.4) is 0 Å². The first-order valence-electron chi connectivity index (χ1n) is 16.1. The lowest BCUT2D eigenvalue weighted by atomic mass is 9.77. The third kappa shape index (κ3) is 6.68. The predicted octanol–water partition coefficient (Wildman–Crippen LogP) is 9.63. The molecule has 0 fully saturated rings. The maximum Gasteiger partial charge on any atom is 0.269 e. The minimum atomic E-state index is -0.672. The number of para-hydroxylation sites is 1. The van der Waals surface area contributed by atoms with Gasteiger partial charge in [0.1, 0.15) is 17.0 Å². The van der Waals surface area contributed by atoms with Gasteiger partial charge in [0.25, 0.3) is 5.69 Å². The van der Waals surface area contributed by atoms with Crippen LogP contribution in [-0.4, -0.2) is 14.5 Å². The smallest absolute Gasteiger partial charge is 0.269 e. The molecule has 240 valence electrons. The summed E-state index contributed by atoms with van der Waals surface area (Å²) >= 11 is 0. The first-order valence-corrected chi connectivity index (χ1v) is 16.1. The summed E-state index contributed by atoms with van der Waals surface area (Å²) in [6, 6.07) is 55.9. The number of non-ortho nitro benzene ring substituents is 1. The van der Waals surface area contributed by atoms with Crippen molar-refractivity contribution in [3.63, 3.8) is 0 Å². The lowest BCUT2D eigenvalue weighted by Crippen LogP contribution is -2.37. The molecule has 7 heteroatoms. The predicted molar refractivity (Wildman–Crippen MR) is 193 cm³/mol. The molecule has 0 amide bonds. The molecule has 0 radical (unpaired) electrons. The Kier molecular flexibility index (Phi) is 8.97. The Morgan fingerprint density at radius 1 is 0.612 bits per heavy atom. The highest BCUT2D eigenvalue weighted by molar-refractivity contribution is 5.53. The number of hydrogen-bond acceptors (Lipinski definition) is 5. The quantitative estimate of drug-likeness (QED) is 0.0754. The van der Waals surface area contributed by atoms with E-state index >= 15 is 0 Å². The van der Waals surface area contributed by atoms with Crippen molar-refractivity contribution in [3.8, 4) is 11.5 Å². The molecular formula is C42H34N4O3. The van der Waals surface area contributed by atoms with E-state index in [4.69, 9.17) is 9.72 Å². The Morgan fingerprint density at radius 2 is 1.10 bits per heavy atom. The summed E-state index contributed by atoms with van der Waals surface area (Å²) in [6.07, 6.45) is 4.05. The number of nitro benzene ring substituents is 1. The molecule has 1 aromatic heterocycles. The van der Waals surface area contributed by atoms with Crippen LogP contribution in [0.25, 0.3) is 0 Å². The average Bonchev–Trinajstić information content (AvgIpc) is 3.62. The monoisotopic (exact) mass is 642 g/mol. The van der Waals surface area contributed by atoms with Gasteiger partial charge in [-0.2, -0.15) is 0 Å². The number of anilines is 1. The van der Waals surface area contributed by atoms with Crippen LogP contribution in [0.15, 0.2) is 182 Å². The Hall–Kier alpha value is -6.47. The molecule has 0 saturated heterocycles. The van der Waals surface area contributed by atoms with Crippen molar-refractivity contribution in [2.24, 2.45) is 0 Å². The fourth-order valence-corrected chi connectivity index (χ4v) is 6.34. The van der Waals surface area contributed by atoms with Gasteiger partial charge in [-0.15, -0.1) is 0 Å². The Morgan fingerprint density at radius 3 is 1.61 bits per heavy atom. The van der Waals surface area contributed by atoms with Crippen molar-refractivity contribution < 1.29 is 9.66 Å². The highest BCUT2D eigenvalue weighted by Crippen LogP contribution is 2.41. The lowest BCUT2D eigenvalue weighted by Gasteiger charge is -2.37. The van der Waals surface area contributed by atoms with Crippen LogP contribution in [-0.2, 0) is 18.6 Å². The van der Waals surface area contributed by atoms with Gasteiger partial charge in [0.2, 0.25) is 0 Å². The molecule has 0 bridgehead atoms. The molecule has 0 saturated carbocycles. The van der Waals surface area contributed by atoms with Gasteiger partial charge in [0.05, 0.1) is 23.5 Å². The van der Waals surface area contributed by atoms with E-state index in [1.165, 1.54) is 0 Å². The van der Waals surface area contributed by atoms with Crippen molar-refractivity contribution in [1.29, 1.82) is 0 Å². The molecule has 0 unspecified atom stereocenters. The standard InChI is InChI=1S/C42H34N4O3/c47-46(48)39-23-21-33(22-24-39)29-44(38-25-27-41(28-26-38)49-40-19-11-4-12-20-40)30-37-31-45(32-43-37)42(34-13-5-1-6-14-34,35-15-7-2-8-16-35)36-17-9-3-10-18-36/h1-28,31-32H,29-30H2. The van der Waals surface area contributed by atoms with Crippen LogP contribution >= 0.6 is 0 Å². The molecule has 0 spiro atoms. The zero-order valence-corrected chi connectivity index (χ0v) is 26.7. The Labute approximate surface area is 285 Å². The largest absolute Gasteiger partial charge is 0.457 e. The zero-order chi connectivity index (χ0) is 33.5. The van der Waals surface area contributed by atoms with Crippen LogP contribution in [0.5, 0.6) is 11.5 Å². The normalized spacial score (nSPS) is 11.2. The lowest BCUT2D eigenvalue weighted by molar-refractivity contribution is -0.384. The molecule has 0 aliphatic rings. The Bertz CT molecular complexity index is 2000. The van der Waals surface area contributed by atoms with E-state index in [2.05, 4.69) is 88.5 Å². The summed E-state index contributed by atoms with van der Waals surface area (Å²) in [4.78, 5) is 18.1. The fraction of sp³-hybridized carbons (Fsp3) is 0.0714. The van der Waals surface area contributed by atoms with Gasteiger partial charge in [-0.25, -0.2) is 4.98 Å². The summed E-state index contributed by atoms with van der Waals surface area (Å²) in [6.45, 7) is 1.02. The van der Waals surface area contributed by atoms with Crippen LogP contribution < -0.4 is 9.64 Å². The van der Waals surface area contributed by atoms with Crippen molar-refractivity contribution in [1.82, 2.24) is 9.55 Å². The SMILES string of the molecule is O=[N+]([O-])c1ccc(CN(Cc2cn(C(c3ccccc3)(c3ccccc3)c3ccccc3)cn2)c2ccc(Oc3ccccc3)cc2)cc1. The van der Waals surface area contributed by atoms with Gasteiger partial charge in [-0.1, -0.05) is 121 Å². The summed E-state index contributed by atoms with van der Waals surface area (Å²) in [5, 5.41) is 11.3. The number of nitrogens with zero attached hydrogens (tertiary/aromatic N) is 4.